The zero-order valence-corrected chi connectivity index (χ0v) is 15.9. The van der Waals surface area contributed by atoms with Crippen LogP contribution in [0.2, 0.25) is 0 Å². The molecule has 0 spiro atoms. The van der Waals surface area contributed by atoms with Crippen LogP contribution in [0.1, 0.15) is 16.2 Å². The number of nitrogens with zero attached hydrogens (tertiary/aromatic N) is 4. The zero-order chi connectivity index (χ0) is 19.0. The largest absolute Gasteiger partial charge is 0.348 e. The lowest BCUT2D eigenvalue weighted by Crippen LogP contribution is -2.43. The molecule has 1 aromatic carbocycles. The summed E-state index contributed by atoms with van der Waals surface area (Å²) in [6, 6.07) is 6.26. The molecule has 2 atom stereocenters. The van der Waals surface area contributed by atoms with Crippen molar-refractivity contribution in [2.24, 2.45) is 11.3 Å². The molecule has 2 aromatic rings. The predicted octanol–water partition coefficient (Wildman–Crippen LogP) is 1.68. The summed E-state index contributed by atoms with van der Waals surface area (Å²) in [4.78, 5) is 26.9. The Morgan fingerprint density at radius 1 is 1.33 bits per heavy atom. The van der Waals surface area contributed by atoms with Crippen molar-refractivity contribution in [2.75, 3.05) is 46.8 Å². The van der Waals surface area contributed by atoms with Gasteiger partial charge < -0.3 is 14.8 Å². The Morgan fingerprint density at radius 3 is 2.85 bits per heavy atom. The lowest BCUT2D eigenvalue weighted by molar-refractivity contribution is 0.0743. The molecule has 1 aromatic heterocycles. The molecular formula is C20H26FN5O. The number of benzene rings is 1. The van der Waals surface area contributed by atoms with Crippen molar-refractivity contribution >= 4 is 5.91 Å². The van der Waals surface area contributed by atoms with Crippen molar-refractivity contribution in [1.82, 2.24) is 24.7 Å². The molecule has 2 saturated heterocycles. The van der Waals surface area contributed by atoms with Gasteiger partial charge in [0.25, 0.3) is 5.91 Å². The van der Waals surface area contributed by atoms with E-state index in [0.717, 1.165) is 32.0 Å². The van der Waals surface area contributed by atoms with Gasteiger partial charge in [-0.15, -0.1) is 0 Å². The number of H-pyrrole nitrogens is 1. The van der Waals surface area contributed by atoms with Crippen molar-refractivity contribution in [3.8, 4) is 0 Å². The predicted molar refractivity (Wildman–Crippen MR) is 101 cm³/mol. The van der Waals surface area contributed by atoms with Gasteiger partial charge in [0.05, 0.1) is 12.1 Å². The highest BCUT2D eigenvalue weighted by atomic mass is 19.1. The first-order chi connectivity index (χ1) is 13.0. The van der Waals surface area contributed by atoms with Gasteiger partial charge in [-0.1, -0.05) is 12.1 Å². The van der Waals surface area contributed by atoms with Crippen molar-refractivity contribution < 1.29 is 9.18 Å². The number of likely N-dealkylation sites (tertiary alicyclic amines) is 2. The van der Waals surface area contributed by atoms with Gasteiger partial charge in [0.1, 0.15) is 11.6 Å². The minimum atomic E-state index is -0.444. The third-order valence-corrected chi connectivity index (χ3v) is 5.78. The quantitative estimate of drug-likeness (QED) is 0.869. The van der Waals surface area contributed by atoms with Crippen LogP contribution in [0.4, 0.5) is 4.39 Å². The maximum atomic E-state index is 14.1. The monoisotopic (exact) mass is 371 g/mol. The van der Waals surface area contributed by atoms with E-state index in [9.17, 15) is 9.18 Å². The summed E-state index contributed by atoms with van der Waals surface area (Å²) in [5.41, 5.74) is 0.182. The van der Waals surface area contributed by atoms with E-state index in [2.05, 4.69) is 33.9 Å². The molecule has 0 saturated carbocycles. The molecule has 2 fully saturated rings. The minimum absolute atomic E-state index is 0.0109. The Kier molecular flexibility index (Phi) is 4.74. The van der Waals surface area contributed by atoms with E-state index < -0.39 is 5.82 Å². The van der Waals surface area contributed by atoms with Crippen LogP contribution in [-0.2, 0) is 6.54 Å². The summed E-state index contributed by atoms with van der Waals surface area (Å²) in [6.07, 6.45) is 3.62. The molecule has 4 rings (SSSR count). The highest BCUT2D eigenvalue weighted by molar-refractivity contribution is 5.94. The Morgan fingerprint density at radius 2 is 2.15 bits per heavy atom. The molecule has 0 aliphatic carbocycles. The molecule has 1 amide bonds. The first-order valence-corrected chi connectivity index (χ1v) is 9.36. The van der Waals surface area contributed by atoms with Gasteiger partial charge >= 0.3 is 0 Å². The third-order valence-electron chi connectivity index (χ3n) is 5.78. The van der Waals surface area contributed by atoms with E-state index in [1.54, 1.807) is 24.4 Å². The van der Waals surface area contributed by atoms with Crippen LogP contribution in [0.3, 0.4) is 0 Å². The number of halogens is 1. The van der Waals surface area contributed by atoms with Gasteiger partial charge in [-0.2, -0.15) is 0 Å². The number of imidazole rings is 1. The fourth-order valence-corrected chi connectivity index (χ4v) is 4.82. The Labute approximate surface area is 159 Å². The Hall–Kier alpha value is -2.25. The molecule has 2 aliphatic heterocycles. The number of aromatic nitrogens is 2. The van der Waals surface area contributed by atoms with Crippen molar-refractivity contribution in [3.63, 3.8) is 0 Å². The standard InChI is InChI=1S/C20H26FN5O/c1-24(2)12-20-13-25(11-18-22-7-8-23-18)9-15(20)10-26(14-20)19(27)16-5-3-4-6-17(16)21/h3-8,15H,9-14H2,1-2H3,(H,22,23). The van der Waals surface area contributed by atoms with Gasteiger partial charge in [0, 0.05) is 50.5 Å². The second kappa shape index (κ2) is 7.05. The van der Waals surface area contributed by atoms with Crippen molar-refractivity contribution in [2.45, 2.75) is 6.54 Å². The summed E-state index contributed by atoms with van der Waals surface area (Å²) in [5.74, 6) is 0.707. The number of hydrogen-bond acceptors (Lipinski definition) is 4. The average molecular weight is 371 g/mol. The highest BCUT2D eigenvalue weighted by Crippen LogP contribution is 2.43. The van der Waals surface area contributed by atoms with Crippen LogP contribution in [0.15, 0.2) is 36.7 Å². The van der Waals surface area contributed by atoms with Gasteiger partial charge in [0.15, 0.2) is 0 Å². The van der Waals surface area contributed by atoms with E-state index >= 15 is 0 Å². The van der Waals surface area contributed by atoms with E-state index in [4.69, 9.17) is 0 Å². The van der Waals surface area contributed by atoms with Gasteiger partial charge in [-0.05, 0) is 32.1 Å². The molecule has 2 unspecified atom stereocenters. The number of amides is 1. The number of hydrogen-bond donors (Lipinski definition) is 1. The average Bonchev–Trinajstić information content (AvgIpc) is 3.29. The fourth-order valence-electron chi connectivity index (χ4n) is 4.82. The topological polar surface area (TPSA) is 55.5 Å². The molecule has 0 bridgehead atoms. The number of carbonyl (C=O) groups is 1. The maximum Gasteiger partial charge on any atom is 0.256 e. The van der Waals surface area contributed by atoms with Crippen molar-refractivity contribution in [1.29, 1.82) is 0 Å². The SMILES string of the molecule is CN(C)CC12CN(Cc3ncc[nH]3)CC1CN(C(=O)c1ccccc1F)C2. The van der Waals surface area contributed by atoms with E-state index in [1.165, 1.54) is 6.07 Å². The number of carbonyl (C=O) groups excluding carboxylic acids is 1. The molecule has 3 heterocycles. The molecule has 1 N–H and O–H groups in total. The molecule has 144 valence electrons. The molecule has 27 heavy (non-hydrogen) atoms. The molecule has 2 aliphatic rings. The molecule has 6 nitrogen and oxygen atoms in total. The smallest absolute Gasteiger partial charge is 0.256 e. The number of nitrogens with one attached hydrogen (secondary N) is 1. The number of fused-ring (bicyclic) bond motifs is 1. The van der Waals surface area contributed by atoms with Gasteiger partial charge in [-0.25, -0.2) is 9.37 Å². The van der Waals surface area contributed by atoms with Crippen LogP contribution in [0.5, 0.6) is 0 Å². The molecule has 7 heteroatoms. The number of aromatic amines is 1. The van der Waals surface area contributed by atoms with Crippen molar-refractivity contribution in [3.05, 3.63) is 53.9 Å². The lowest BCUT2D eigenvalue weighted by Gasteiger charge is -2.32. The fraction of sp³-hybridized carbons (Fsp3) is 0.500. The van der Waals surface area contributed by atoms with Crippen LogP contribution in [0, 0.1) is 17.2 Å². The van der Waals surface area contributed by atoms with E-state index in [-0.39, 0.29) is 16.9 Å². The lowest BCUT2D eigenvalue weighted by atomic mass is 9.80. The highest BCUT2D eigenvalue weighted by Gasteiger charge is 2.53. The van der Waals surface area contributed by atoms with Crippen LogP contribution >= 0.6 is 0 Å². The summed E-state index contributed by atoms with van der Waals surface area (Å²) < 4.78 is 14.1. The summed E-state index contributed by atoms with van der Waals surface area (Å²) >= 11 is 0. The Bertz CT molecular complexity index is 808. The first kappa shape index (κ1) is 18.1. The van der Waals surface area contributed by atoms with E-state index in [1.807, 2.05) is 11.1 Å². The molecule has 0 radical (unpaired) electrons. The van der Waals surface area contributed by atoms with Crippen LogP contribution < -0.4 is 0 Å². The van der Waals surface area contributed by atoms with Gasteiger partial charge in [-0.3, -0.25) is 9.69 Å². The van der Waals surface area contributed by atoms with E-state index in [0.29, 0.717) is 19.0 Å². The number of rotatable bonds is 5. The second-order valence-electron chi connectivity index (χ2n) is 8.17. The Balaban J connectivity index is 1.52. The summed E-state index contributed by atoms with van der Waals surface area (Å²) in [5, 5.41) is 0. The first-order valence-electron chi connectivity index (χ1n) is 9.36. The van der Waals surface area contributed by atoms with Crippen LogP contribution in [0.25, 0.3) is 0 Å². The minimum Gasteiger partial charge on any atom is -0.348 e. The van der Waals surface area contributed by atoms with Gasteiger partial charge in [0.2, 0.25) is 0 Å². The zero-order valence-electron chi connectivity index (χ0n) is 15.9. The third kappa shape index (κ3) is 3.49. The summed E-state index contributed by atoms with van der Waals surface area (Å²) in [6.45, 7) is 4.88. The maximum absolute atomic E-state index is 14.1. The molecular weight excluding hydrogens is 345 g/mol. The summed E-state index contributed by atoms with van der Waals surface area (Å²) in [7, 11) is 4.14. The van der Waals surface area contributed by atoms with Crippen LogP contribution in [-0.4, -0.2) is 77.4 Å². The normalized spacial score (nSPS) is 25.3. The second-order valence-corrected chi connectivity index (χ2v) is 8.17.